The Labute approximate surface area is 125 Å². The maximum absolute atomic E-state index is 12.7. The summed E-state index contributed by atoms with van der Waals surface area (Å²) in [5.41, 5.74) is 5.24. The fourth-order valence-corrected chi connectivity index (χ4v) is 1.96. The van der Waals surface area contributed by atoms with Gasteiger partial charge in [0, 0.05) is 5.56 Å². The van der Waals surface area contributed by atoms with Gasteiger partial charge in [-0.25, -0.2) is 0 Å². The van der Waals surface area contributed by atoms with Crippen LogP contribution in [-0.2, 0) is 24.0 Å². The van der Waals surface area contributed by atoms with Crippen molar-refractivity contribution >= 4 is 5.91 Å². The van der Waals surface area contributed by atoms with E-state index >= 15 is 0 Å². The van der Waals surface area contributed by atoms with E-state index in [0.717, 1.165) is 17.7 Å². The minimum atomic E-state index is -4.48. The number of alkyl halides is 3. The molecule has 116 valence electrons. The zero-order valence-corrected chi connectivity index (χ0v) is 11.6. The molecule has 2 aromatic rings. The van der Waals surface area contributed by atoms with Crippen molar-refractivity contribution < 1.29 is 22.7 Å². The third-order valence-corrected chi connectivity index (χ3v) is 2.99. The van der Waals surface area contributed by atoms with E-state index < -0.39 is 17.6 Å². The van der Waals surface area contributed by atoms with Gasteiger partial charge in [0.05, 0.1) is 12.0 Å². The summed E-state index contributed by atoms with van der Waals surface area (Å²) in [7, 11) is 0. The van der Waals surface area contributed by atoms with Crippen LogP contribution in [0.4, 0.5) is 13.2 Å². The number of carbonyl (C=O) groups is 1. The second kappa shape index (κ2) is 6.51. The van der Waals surface area contributed by atoms with Gasteiger partial charge in [-0.15, -0.1) is 0 Å². The second-order valence-corrected chi connectivity index (χ2v) is 4.74. The molecule has 1 amide bonds. The average molecular weight is 309 g/mol. The number of amides is 1. The predicted molar refractivity (Wildman–Crippen MR) is 75.1 cm³/mol. The third kappa shape index (κ3) is 4.25. The minimum absolute atomic E-state index is 0.123. The average Bonchev–Trinajstić information content (AvgIpc) is 2.45. The Morgan fingerprint density at radius 1 is 1.09 bits per heavy atom. The monoisotopic (exact) mass is 309 g/mol. The molecule has 3 nitrogen and oxygen atoms in total. The Hall–Kier alpha value is -2.50. The van der Waals surface area contributed by atoms with Crippen molar-refractivity contribution in [2.24, 2.45) is 5.73 Å². The first-order valence-corrected chi connectivity index (χ1v) is 6.51. The molecular weight excluding hydrogens is 295 g/mol. The number of hydrogen-bond donors (Lipinski definition) is 1. The number of halogens is 3. The number of rotatable bonds is 5. The molecule has 0 bridgehead atoms. The van der Waals surface area contributed by atoms with E-state index in [4.69, 9.17) is 10.5 Å². The number of carbonyl (C=O) groups excluding carboxylic acids is 1. The number of nitrogens with two attached hydrogens (primary N) is 1. The summed E-state index contributed by atoms with van der Waals surface area (Å²) in [6.45, 7) is 0.192. The summed E-state index contributed by atoms with van der Waals surface area (Å²) in [5, 5.41) is 0. The first-order chi connectivity index (χ1) is 10.4. The summed E-state index contributed by atoms with van der Waals surface area (Å²) in [6.07, 6.45) is -4.79. The molecule has 0 radical (unpaired) electrons. The van der Waals surface area contributed by atoms with E-state index in [1.54, 1.807) is 0 Å². The van der Waals surface area contributed by atoms with Crippen molar-refractivity contribution in [3.63, 3.8) is 0 Å². The van der Waals surface area contributed by atoms with Gasteiger partial charge in [-0.2, -0.15) is 13.2 Å². The van der Waals surface area contributed by atoms with Crippen molar-refractivity contribution in [3.8, 4) is 5.75 Å². The van der Waals surface area contributed by atoms with E-state index in [9.17, 15) is 18.0 Å². The molecule has 0 aliphatic heterocycles. The van der Waals surface area contributed by atoms with Crippen LogP contribution in [0.5, 0.6) is 5.75 Å². The van der Waals surface area contributed by atoms with Crippen LogP contribution in [0.25, 0.3) is 0 Å². The van der Waals surface area contributed by atoms with Gasteiger partial charge >= 0.3 is 6.18 Å². The van der Waals surface area contributed by atoms with Gasteiger partial charge < -0.3 is 10.5 Å². The van der Waals surface area contributed by atoms with Crippen molar-refractivity contribution in [2.75, 3.05) is 0 Å². The van der Waals surface area contributed by atoms with Crippen LogP contribution in [0.1, 0.15) is 16.7 Å². The van der Waals surface area contributed by atoms with Crippen LogP contribution in [0.15, 0.2) is 48.5 Å². The van der Waals surface area contributed by atoms with Crippen LogP contribution >= 0.6 is 0 Å². The molecule has 0 saturated heterocycles. The Morgan fingerprint density at radius 3 is 2.36 bits per heavy atom. The molecule has 0 atom stereocenters. The van der Waals surface area contributed by atoms with Crippen LogP contribution in [-0.4, -0.2) is 5.91 Å². The van der Waals surface area contributed by atoms with E-state index in [2.05, 4.69) is 0 Å². The van der Waals surface area contributed by atoms with Crippen LogP contribution in [0, 0.1) is 0 Å². The number of ether oxygens (including phenoxy) is 1. The number of hydrogen-bond acceptors (Lipinski definition) is 2. The fraction of sp³-hybridized carbons (Fsp3) is 0.188. The number of primary amides is 1. The molecule has 0 spiro atoms. The molecule has 0 aromatic heterocycles. The number of benzene rings is 2. The third-order valence-electron chi connectivity index (χ3n) is 2.99. The highest BCUT2D eigenvalue weighted by Crippen LogP contribution is 2.33. The lowest BCUT2D eigenvalue weighted by Gasteiger charge is -2.14. The SMILES string of the molecule is NC(=O)Cc1cc(C(F)(F)F)ccc1OCc1ccccc1. The van der Waals surface area contributed by atoms with Crippen LogP contribution in [0.3, 0.4) is 0 Å². The Bertz CT molecular complexity index is 654. The first kappa shape index (κ1) is 15.9. The summed E-state index contributed by atoms with van der Waals surface area (Å²) in [6, 6.07) is 12.2. The van der Waals surface area contributed by atoms with Gasteiger partial charge in [-0.1, -0.05) is 30.3 Å². The largest absolute Gasteiger partial charge is 0.489 e. The molecule has 0 saturated carbocycles. The Kier molecular flexibility index (Phi) is 4.70. The maximum Gasteiger partial charge on any atom is 0.416 e. The van der Waals surface area contributed by atoms with Gasteiger partial charge in [0.15, 0.2) is 0 Å². The standard InChI is InChI=1S/C16H14F3NO2/c17-16(18,19)13-6-7-14(12(8-13)9-15(20)21)22-10-11-4-2-1-3-5-11/h1-8H,9-10H2,(H2,20,21). The highest BCUT2D eigenvalue weighted by molar-refractivity contribution is 5.77. The smallest absolute Gasteiger partial charge is 0.416 e. The maximum atomic E-state index is 12.7. The predicted octanol–water partition coefficient (Wildman–Crippen LogP) is 3.31. The van der Waals surface area contributed by atoms with Gasteiger partial charge in [-0.3, -0.25) is 4.79 Å². The highest BCUT2D eigenvalue weighted by atomic mass is 19.4. The quantitative estimate of drug-likeness (QED) is 0.921. The molecule has 0 aliphatic carbocycles. The molecule has 0 fully saturated rings. The van der Waals surface area contributed by atoms with Crippen molar-refractivity contribution in [2.45, 2.75) is 19.2 Å². The van der Waals surface area contributed by atoms with Gasteiger partial charge in [0.1, 0.15) is 12.4 Å². The van der Waals surface area contributed by atoms with Crippen molar-refractivity contribution in [1.82, 2.24) is 0 Å². The van der Waals surface area contributed by atoms with Gasteiger partial charge in [0.25, 0.3) is 0 Å². The van der Waals surface area contributed by atoms with Crippen LogP contribution in [0.2, 0.25) is 0 Å². The van der Waals surface area contributed by atoms with Gasteiger partial charge in [-0.05, 0) is 23.8 Å². The molecule has 22 heavy (non-hydrogen) atoms. The minimum Gasteiger partial charge on any atom is -0.489 e. The second-order valence-electron chi connectivity index (χ2n) is 4.74. The van der Waals surface area contributed by atoms with E-state index in [1.807, 2.05) is 30.3 Å². The summed E-state index contributed by atoms with van der Waals surface area (Å²) < 4.78 is 43.7. The van der Waals surface area contributed by atoms with E-state index in [-0.39, 0.29) is 24.3 Å². The molecule has 0 aliphatic rings. The molecule has 0 unspecified atom stereocenters. The molecule has 2 N–H and O–H groups in total. The fourth-order valence-electron chi connectivity index (χ4n) is 1.96. The van der Waals surface area contributed by atoms with Crippen molar-refractivity contribution in [1.29, 1.82) is 0 Å². The topological polar surface area (TPSA) is 52.3 Å². The lowest BCUT2D eigenvalue weighted by Crippen LogP contribution is -2.15. The molecule has 0 heterocycles. The van der Waals surface area contributed by atoms with Crippen LogP contribution < -0.4 is 10.5 Å². The van der Waals surface area contributed by atoms with E-state index in [1.165, 1.54) is 6.07 Å². The van der Waals surface area contributed by atoms with E-state index in [0.29, 0.717) is 0 Å². The zero-order valence-electron chi connectivity index (χ0n) is 11.6. The van der Waals surface area contributed by atoms with Crippen molar-refractivity contribution in [3.05, 3.63) is 65.2 Å². The molecule has 2 aromatic carbocycles. The molecule has 6 heteroatoms. The van der Waals surface area contributed by atoms with Gasteiger partial charge in [0.2, 0.25) is 5.91 Å². The first-order valence-electron chi connectivity index (χ1n) is 6.51. The molecule has 2 rings (SSSR count). The summed E-state index contributed by atoms with van der Waals surface area (Å²) in [5.74, 6) is -0.500. The zero-order chi connectivity index (χ0) is 16.2. The normalized spacial score (nSPS) is 11.2. The lowest BCUT2D eigenvalue weighted by molar-refractivity contribution is -0.137. The highest BCUT2D eigenvalue weighted by Gasteiger charge is 2.31. The summed E-state index contributed by atoms with van der Waals surface area (Å²) in [4.78, 5) is 11.0. The Morgan fingerprint density at radius 2 is 1.77 bits per heavy atom. The molecular formula is C16H14F3NO2. The summed E-state index contributed by atoms with van der Waals surface area (Å²) >= 11 is 0. The lowest BCUT2D eigenvalue weighted by atomic mass is 10.1. The Balaban J connectivity index is 2.23.